The number of fused-ring (bicyclic) bond motifs is 1. The van der Waals surface area contributed by atoms with E-state index in [4.69, 9.17) is 23.2 Å². The van der Waals surface area contributed by atoms with Crippen molar-refractivity contribution < 1.29 is 0 Å². The van der Waals surface area contributed by atoms with Gasteiger partial charge in [-0.3, -0.25) is 9.48 Å². The van der Waals surface area contributed by atoms with E-state index in [9.17, 15) is 4.79 Å². The lowest BCUT2D eigenvalue weighted by molar-refractivity contribution is 0.693. The van der Waals surface area contributed by atoms with Crippen LogP contribution in [0.25, 0.3) is 23.2 Å². The maximum atomic E-state index is 12.4. The van der Waals surface area contributed by atoms with Crippen LogP contribution in [-0.4, -0.2) is 19.7 Å². The average molecular weight is 397 g/mol. The molecule has 5 nitrogen and oxygen atoms in total. The van der Waals surface area contributed by atoms with Crippen molar-refractivity contribution in [2.75, 3.05) is 0 Å². The zero-order valence-electron chi connectivity index (χ0n) is 14.1. The molecule has 0 bridgehead atoms. The Morgan fingerprint density at radius 2 is 1.89 bits per heavy atom. The number of nitrogens with one attached hydrogen (secondary N) is 1. The minimum Gasteiger partial charge on any atom is -0.306 e. The van der Waals surface area contributed by atoms with Crippen LogP contribution in [0.1, 0.15) is 17.0 Å². The van der Waals surface area contributed by atoms with Gasteiger partial charge in [0.2, 0.25) is 0 Å². The first-order valence-corrected chi connectivity index (χ1v) is 8.98. The van der Waals surface area contributed by atoms with Gasteiger partial charge in [-0.15, -0.1) is 0 Å². The third-order valence-electron chi connectivity index (χ3n) is 4.03. The highest BCUT2D eigenvalue weighted by Crippen LogP contribution is 2.22. The topological polar surface area (TPSA) is 63.6 Å². The number of nitrogens with zero attached hydrogens (tertiary/aromatic N) is 3. The van der Waals surface area contributed by atoms with E-state index in [0.717, 1.165) is 11.1 Å². The van der Waals surface area contributed by atoms with Gasteiger partial charge in [0.1, 0.15) is 11.2 Å². The predicted molar refractivity (Wildman–Crippen MR) is 109 cm³/mol. The van der Waals surface area contributed by atoms with Crippen LogP contribution in [0.15, 0.2) is 59.5 Å². The van der Waals surface area contributed by atoms with E-state index in [1.165, 1.54) is 0 Å². The second-order valence-electron chi connectivity index (χ2n) is 6.00. The molecular weight excluding hydrogens is 383 g/mol. The molecule has 0 aliphatic carbocycles. The Kier molecular flexibility index (Phi) is 4.79. The third-order valence-corrected chi connectivity index (χ3v) is 4.59. The van der Waals surface area contributed by atoms with Crippen LogP contribution in [-0.2, 0) is 6.54 Å². The third kappa shape index (κ3) is 3.94. The molecule has 2 aromatic carbocycles. The first-order valence-electron chi connectivity index (χ1n) is 8.23. The van der Waals surface area contributed by atoms with E-state index in [-0.39, 0.29) is 5.56 Å². The normalized spacial score (nSPS) is 11.5. The molecule has 0 aliphatic rings. The number of halogens is 2. The highest BCUT2D eigenvalue weighted by molar-refractivity contribution is 6.35. The lowest BCUT2D eigenvalue weighted by atomic mass is 10.2. The van der Waals surface area contributed by atoms with Gasteiger partial charge in [-0.25, -0.2) is 4.98 Å². The van der Waals surface area contributed by atoms with Crippen molar-refractivity contribution in [2.45, 2.75) is 6.54 Å². The van der Waals surface area contributed by atoms with Gasteiger partial charge in [0, 0.05) is 16.2 Å². The molecule has 0 radical (unpaired) electrons. The van der Waals surface area contributed by atoms with Crippen molar-refractivity contribution in [3.63, 3.8) is 0 Å². The highest BCUT2D eigenvalue weighted by Gasteiger charge is 2.08. The van der Waals surface area contributed by atoms with E-state index >= 15 is 0 Å². The Labute approximate surface area is 164 Å². The largest absolute Gasteiger partial charge is 0.306 e. The SMILES string of the molecule is O=c1[nH]c(/C=C/c2ccc(Cl)cc2Cl)nc2nn(Cc3ccccc3)cc12. The maximum absolute atomic E-state index is 12.4. The van der Waals surface area contributed by atoms with E-state index in [0.29, 0.717) is 33.4 Å². The van der Waals surface area contributed by atoms with Crippen LogP contribution >= 0.6 is 23.2 Å². The minimum absolute atomic E-state index is 0.235. The zero-order chi connectivity index (χ0) is 18.8. The molecule has 4 aromatic rings. The lowest BCUT2D eigenvalue weighted by Gasteiger charge is -1.99. The summed E-state index contributed by atoms with van der Waals surface area (Å²) < 4.78 is 1.71. The Morgan fingerprint density at radius 3 is 2.67 bits per heavy atom. The quantitative estimate of drug-likeness (QED) is 0.546. The summed E-state index contributed by atoms with van der Waals surface area (Å²) in [5.74, 6) is 0.406. The number of benzene rings is 2. The van der Waals surface area contributed by atoms with E-state index in [1.807, 2.05) is 30.3 Å². The summed E-state index contributed by atoms with van der Waals surface area (Å²) in [5.41, 5.74) is 2.04. The van der Waals surface area contributed by atoms with E-state index < -0.39 is 0 Å². The number of aromatic amines is 1. The molecule has 0 saturated heterocycles. The number of aromatic nitrogens is 4. The van der Waals surface area contributed by atoms with Crippen molar-refractivity contribution >= 4 is 46.4 Å². The van der Waals surface area contributed by atoms with Gasteiger partial charge < -0.3 is 4.98 Å². The summed E-state index contributed by atoms with van der Waals surface area (Å²) in [7, 11) is 0. The number of H-pyrrole nitrogens is 1. The van der Waals surface area contributed by atoms with Crippen LogP contribution in [0.2, 0.25) is 10.0 Å². The summed E-state index contributed by atoms with van der Waals surface area (Å²) in [6, 6.07) is 15.1. The summed E-state index contributed by atoms with van der Waals surface area (Å²) in [4.78, 5) is 19.5. The van der Waals surface area contributed by atoms with Crippen LogP contribution in [0.5, 0.6) is 0 Å². The first-order chi connectivity index (χ1) is 13.1. The Morgan fingerprint density at radius 1 is 1.07 bits per heavy atom. The van der Waals surface area contributed by atoms with Crippen LogP contribution in [0, 0.1) is 0 Å². The van der Waals surface area contributed by atoms with Gasteiger partial charge in [-0.2, -0.15) is 5.10 Å². The Bertz CT molecular complexity index is 1200. The van der Waals surface area contributed by atoms with E-state index in [1.54, 1.807) is 41.2 Å². The molecule has 0 aliphatic heterocycles. The fraction of sp³-hybridized carbons (Fsp3) is 0.0500. The second-order valence-corrected chi connectivity index (χ2v) is 6.84. The molecule has 0 unspecified atom stereocenters. The molecule has 1 N–H and O–H groups in total. The number of hydrogen-bond donors (Lipinski definition) is 1. The fourth-order valence-electron chi connectivity index (χ4n) is 2.72. The molecular formula is C20H14Cl2N4O. The molecule has 2 heterocycles. The predicted octanol–water partition coefficient (Wildman–Crippen LogP) is 4.65. The van der Waals surface area contributed by atoms with Gasteiger partial charge in [0.15, 0.2) is 5.65 Å². The molecule has 4 rings (SSSR count). The number of hydrogen-bond acceptors (Lipinski definition) is 3. The number of rotatable bonds is 4. The Hall–Kier alpha value is -2.89. The van der Waals surface area contributed by atoms with Crippen LogP contribution < -0.4 is 5.56 Å². The van der Waals surface area contributed by atoms with Gasteiger partial charge in [-0.1, -0.05) is 59.6 Å². The van der Waals surface area contributed by atoms with Gasteiger partial charge >= 0.3 is 0 Å². The smallest absolute Gasteiger partial charge is 0.262 e. The molecule has 0 fully saturated rings. The van der Waals surface area contributed by atoms with Crippen molar-refractivity contribution in [1.29, 1.82) is 0 Å². The molecule has 0 saturated carbocycles. The summed E-state index contributed by atoms with van der Waals surface area (Å²) in [6.07, 6.45) is 5.16. The molecule has 0 amide bonds. The maximum Gasteiger partial charge on any atom is 0.262 e. The molecule has 134 valence electrons. The molecule has 2 aromatic heterocycles. The van der Waals surface area contributed by atoms with E-state index in [2.05, 4.69) is 15.1 Å². The van der Waals surface area contributed by atoms with Crippen LogP contribution in [0.3, 0.4) is 0 Å². The van der Waals surface area contributed by atoms with Crippen molar-refractivity contribution in [3.05, 3.63) is 92.1 Å². The molecule has 0 atom stereocenters. The Balaban J connectivity index is 1.65. The summed E-state index contributed by atoms with van der Waals surface area (Å²) >= 11 is 12.1. The second kappa shape index (κ2) is 7.39. The molecule has 7 heteroatoms. The molecule has 27 heavy (non-hydrogen) atoms. The summed E-state index contributed by atoms with van der Waals surface area (Å²) in [5, 5.41) is 5.96. The average Bonchev–Trinajstić information content (AvgIpc) is 3.05. The highest BCUT2D eigenvalue weighted by atomic mass is 35.5. The minimum atomic E-state index is -0.235. The van der Waals surface area contributed by atoms with Crippen LogP contribution in [0.4, 0.5) is 0 Å². The van der Waals surface area contributed by atoms with Gasteiger partial charge in [-0.05, 0) is 35.4 Å². The van der Waals surface area contributed by atoms with Gasteiger partial charge in [0.25, 0.3) is 5.56 Å². The first kappa shape index (κ1) is 17.5. The standard InChI is InChI=1S/C20H14Cl2N4O/c21-15-8-6-14(17(22)10-15)7-9-18-23-19-16(20(27)24-18)12-26(25-19)11-13-4-2-1-3-5-13/h1-10,12H,11H2,(H,23,24,25,27)/b9-7+. The molecule has 0 spiro atoms. The van der Waals surface area contributed by atoms with Crippen molar-refractivity contribution in [3.8, 4) is 0 Å². The lowest BCUT2D eigenvalue weighted by Crippen LogP contribution is -2.08. The monoisotopic (exact) mass is 396 g/mol. The van der Waals surface area contributed by atoms with Crippen molar-refractivity contribution in [2.24, 2.45) is 0 Å². The zero-order valence-corrected chi connectivity index (χ0v) is 15.6. The van der Waals surface area contributed by atoms with Gasteiger partial charge in [0.05, 0.1) is 6.54 Å². The summed E-state index contributed by atoms with van der Waals surface area (Å²) in [6.45, 7) is 0.572. The fourth-order valence-corrected chi connectivity index (χ4v) is 3.19. The van der Waals surface area contributed by atoms with Crippen molar-refractivity contribution in [1.82, 2.24) is 19.7 Å².